The van der Waals surface area contributed by atoms with Gasteiger partial charge in [0.25, 0.3) is 0 Å². The average molecular weight is 194 g/mol. The topological polar surface area (TPSA) is 118 Å². The predicted molar refractivity (Wildman–Crippen MR) is 41.8 cm³/mol. The zero-order chi connectivity index (χ0) is 10.4. The molecule has 0 radical (unpaired) electrons. The molecular weight excluding hydrogens is 180 g/mol. The average Bonchev–Trinajstić information content (AvgIpc) is 2.14. The third-order valence-corrected chi connectivity index (χ3v) is 1.66. The van der Waals surface area contributed by atoms with Gasteiger partial charge in [-0.2, -0.15) is 0 Å². The summed E-state index contributed by atoms with van der Waals surface area (Å²) < 4.78 is 0. The Morgan fingerprint density at radius 2 is 1.46 bits per heavy atom. The zero-order valence-electron chi connectivity index (χ0n) is 6.95. The molecule has 6 heteroatoms. The summed E-state index contributed by atoms with van der Waals surface area (Å²) in [5.74, 6) is 0. The monoisotopic (exact) mass is 194 g/mol. The van der Waals surface area contributed by atoms with Crippen LogP contribution in [0.25, 0.3) is 0 Å². The molecule has 4 atom stereocenters. The van der Waals surface area contributed by atoms with Gasteiger partial charge >= 0.3 is 0 Å². The molecule has 0 aliphatic carbocycles. The lowest BCUT2D eigenvalue weighted by atomic mass is 10.0. The molecular formula is C7H14O6. The molecule has 0 saturated carbocycles. The van der Waals surface area contributed by atoms with E-state index in [9.17, 15) is 4.79 Å². The van der Waals surface area contributed by atoms with Gasteiger partial charge in [-0.15, -0.1) is 0 Å². The van der Waals surface area contributed by atoms with E-state index in [0.29, 0.717) is 6.29 Å². The van der Waals surface area contributed by atoms with E-state index in [4.69, 9.17) is 25.5 Å². The van der Waals surface area contributed by atoms with Crippen molar-refractivity contribution in [2.75, 3.05) is 6.61 Å². The van der Waals surface area contributed by atoms with Crippen molar-refractivity contribution in [2.24, 2.45) is 0 Å². The minimum Gasteiger partial charge on any atom is -0.394 e. The highest BCUT2D eigenvalue weighted by molar-refractivity contribution is 5.50. The lowest BCUT2D eigenvalue weighted by Crippen LogP contribution is -2.45. The second-order valence-corrected chi connectivity index (χ2v) is 2.70. The molecule has 5 N–H and O–H groups in total. The minimum absolute atomic E-state index is 0.337. The van der Waals surface area contributed by atoms with E-state index < -0.39 is 31.0 Å². The van der Waals surface area contributed by atoms with Crippen molar-refractivity contribution in [1.82, 2.24) is 0 Å². The maximum Gasteiger partial charge on any atom is 0.122 e. The van der Waals surface area contributed by atoms with Crippen LogP contribution in [0.1, 0.15) is 6.42 Å². The van der Waals surface area contributed by atoms with E-state index in [0.717, 1.165) is 0 Å². The molecule has 0 aliphatic rings. The standard InChI is InChI=1S/C7H14O6/c8-2-1-4(10)6(12)7(13)5(11)3-9/h2,4-7,9-13H,1,3H2/t4-,5+,6+,7+/m0/s1. The Bertz CT molecular complexity index is 150. The predicted octanol–water partition coefficient (Wildman–Crippen LogP) is -2.99. The van der Waals surface area contributed by atoms with Crippen molar-refractivity contribution in [3.05, 3.63) is 0 Å². The molecule has 6 nitrogen and oxygen atoms in total. The highest BCUT2D eigenvalue weighted by atomic mass is 16.4. The molecule has 0 spiro atoms. The van der Waals surface area contributed by atoms with Crippen LogP contribution in [0.2, 0.25) is 0 Å². The minimum atomic E-state index is -1.67. The van der Waals surface area contributed by atoms with Gasteiger partial charge in [0, 0.05) is 6.42 Å². The largest absolute Gasteiger partial charge is 0.394 e. The summed E-state index contributed by atoms with van der Waals surface area (Å²) >= 11 is 0. The number of hydrogen-bond acceptors (Lipinski definition) is 6. The quantitative estimate of drug-likeness (QED) is 0.288. The molecule has 0 aliphatic heterocycles. The molecule has 0 aromatic rings. The number of carbonyl (C=O) groups excluding carboxylic acids is 1. The number of aldehydes is 1. The highest BCUT2D eigenvalue weighted by Gasteiger charge is 2.29. The van der Waals surface area contributed by atoms with Crippen molar-refractivity contribution in [3.8, 4) is 0 Å². The van der Waals surface area contributed by atoms with Crippen LogP contribution in [-0.2, 0) is 4.79 Å². The summed E-state index contributed by atoms with van der Waals surface area (Å²) in [4.78, 5) is 9.92. The Hall–Kier alpha value is -0.530. The van der Waals surface area contributed by atoms with Crippen molar-refractivity contribution in [2.45, 2.75) is 30.8 Å². The van der Waals surface area contributed by atoms with Crippen LogP contribution in [0.3, 0.4) is 0 Å². The third kappa shape index (κ3) is 3.79. The molecule has 0 rings (SSSR count). The fourth-order valence-corrected chi connectivity index (χ4v) is 0.801. The number of rotatable bonds is 6. The van der Waals surface area contributed by atoms with E-state index in [1.807, 2.05) is 0 Å². The van der Waals surface area contributed by atoms with Crippen LogP contribution in [0.4, 0.5) is 0 Å². The molecule has 78 valence electrons. The highest BCUT2D eigenvalue weighted by Crippen LogP contribution is 2.06. The molecule has 0 amide bonds. The first kappa shape index (κ1) is 12.5. The summed E-state index contributed by atoms with van der Waals surface area (Å²) in [5, 5.41) is 44.4. The van der Waals surface area contributed by atoms with Gasteiger partial charge < -0.3 is 30.3 Å². The second kappa shape index (κ2) is 6.01. The maximum absolute atomic E-state index is 9.92. The summed E-state index contributed by atoms with van der Waals surface area (Å²) in [6.07, 6.45) is -6.24. The Morgan fingerprint density at radius 3 is 1.85 bits per heavy atom. The molecule has 0 bridgehead atoms. The number of carbonyl (C=O) groups is 1. The lowest BCUT2D eigenvalue weighted by molar-refractivity contribution is -0.125. The number of aliphatic hydroxyl groups excluding tert-OH is 5. The van der Waals surface area contributed by atoms with Crippen LogP contribution in [-0.4, -0.2) is 62.8 Å². The zero-order valence-corrected chi connectivity index (χ0v) is 6.95. The summed E-state index contributed by atoms with van der Waals surface area (Å²) in [6.45, 7) is -0.730. The Balaban J connectivity index is 4.06. The van der Waals surface area contributed by atoms with Crippen LogP contribution in [0.5, 0.6) is 0 Å². The van der Waals surface area contributed by atoms with Gasteiger partial charge in [-0.25, -0.2) is 0 Å². The van der Waals surface area contributed by atoms with Gasteiger partial charge in [-0.3, -0.25) is 0 Å². The Kier molecular flexibility index (Phi) is 5.76. The molecule has 0 fully saturated rings. The first-order valence-electron chi connectivity index (χ1n) is 3.81. The fourth-order valence-electron chi connectivity index (χ4n) is 0.801. The first-order valence-corrected chi connectivity index (χ1v) is 3.81. The number of hydrogen-bond donors (Lipinski definition) is 5. The number of aliphatic hydroxyl groups is 5. The Labute approximate surface area is 75.1 Å². The van der Waals surface area contributed by atoms with Gasteiger partial charge in [0.2, 0.25) is 0 Å². The van der Waals surface area contributed by atoms with Crippen LogP contribution in [0, 0.1) is 0 Å². The maximum atomic E-state index is 9.92. The van der Waals surface area contributed by atoms with Gasteiger partial charge in [-0.05, 0) is 0 Å². The van der Waals surface area contributed by atoms with E-state index >= 15 is 0 Å². The second-order valence-electron chi connectivity index (χ2n) is 2.70. The van der Waals surface area contributed by atoms with Crippen molar-refractivity contribution in [1.29, 1.82) is 0 Å². The third-order valence-electron chi connectivity index (χ3n) is 1.66. The van der Waals surface area contributed by atoms with Crippen molar-refractivity contribution < 1.29 is 30.3 Å². The first-order chi connectivity index (χ1) is 6.04. The van der Waals surface area contributed by atoms with Crippen molar-refractivity contribution in [3.63, 3.8) is 0 Å². The van der Waals surface area contributed by atoms with E-state index in [-0.39, 0.29) is 6.42 Å². The van der Waals surface area contributed by atoms with E-state index in [1.165, 1.54) is 0 Å². The van der Waals surface area contributed by atoms with Crippen LogP contribution in [0.15, 0.2) is 0 Å². The summed E-state index contributed by atoms with van der Waals surface area (Å²) in [6, 6.07) is 0. The van der Waals surface area contributed by atoms with E-state index in [2.05, 4.69) is 0 Å². The molecule has 0 heterocycles. The molecule has 0 aromatic heterocycles. The smallest absolute Gasteiger partial charge is 0.122 e. The summed E-state index contributed by atoms with van der Waals surface area (Å²) in [7, 11) is 0. The van der Waals surface area contributed by atoms with Crippen LogP contribution < -0.4 is 0 Å². The van der Waals surface area contributed by atoms with Crippen molar-refractivity contribution >= 4 is 6.29 Å². The molecule has 13 heavy (non-hydrogen) atoms. The fraction of sp³-hybridized carbons (Fsp3) is 0.857. The SMILES string of the molecule is O=CC[C@H](O)[C@@H](O)[C@H](O)[C@H](O)CO. The molecule has 0 saturated heterocycles. The van der Waals surface area contributed by atoms with Crippen LogP contribution >= 0.6 is 0 Å². The lowest BCUT2D eigenvalue weighted by Gasteiger charge is -2.24. The Morgan fingerprint density at radius 1 is 1.00 bits per heavy atom. The van der Waals surface area contributed by atoms with E-state index in [1.54, 1.807) is 0 Å². The van der Waals surface area contributed by atoms with Gasteiger partial charge in [0.05, 0.1) is 12.7 Å². The van der Waals surface area contributed by atoms with Gasteiger partial charge in [-0.1, -0.05) is 0 Å². The normalized spacial score (nSPS) is 20.4. The van der Waals surface area contributed by atoms with Gasteiger partial charge in [0.15, 0.2) is 0 Å². The summed E-state index contributed by atoms with van der Waals surface area (Å²) in [5.41, 5.74) is 0. The molecule has 0 unspecified atom stereocenters. The molecule has 0 aromatic carbocycles. The van der Waals surface area contributed by atoms with Gasteiger partial charge in [0.1, 0.15) is 24.6 Å².